The molecule has 0 unspecified atom stereocenters. The second kappa shape index (κ2) is 8.01. The van der Waals surface area contributed by atoms with Gasteiger partial charge in [-0.1, -0.05) is 0 Å². The number of aryl methyl sites for hydroxylation is 1. The first kappa shape index (κ1) is 20.1. The van der Waals surface area contributed by atoms with Crippen LogP contribution in [0.3, 0.4) is 0 Å². The van der Waals surface area contributed by atoms with Gasteiger partial charge in [0.1, 0.15) is 0 Å². The molecule has 7 nitrogen and oxygen atoms in total. The van der Waals surface area contributed by atoms with E-state index in [4.69, 9.17) is 12.2 Å². The monoisotopic (exact) mass is 388 g/mol. The number of nitrogens with one attached hydrogen (secondary N) is 2. The number of likely N-dealkylation sites (N-methyl/N-ethyl adjacent to an activating group) is 1. The van der Waals surface area contributed by atoms with E-state index < -0.39 is 9.84 Å². The van der Waals surface area contributed by atoms with Crippen molar-refractivity contribution in [1.29, 1.82) is 0 Å². The Bertz CT molecular complexity index is 727. The fraction of sp³-hybridized carbons (Fsp3) is 0.750. The molecule has 2 heterocycles. The summed E-state index contributed by atoms with van der Waals surface area (Å²) in [6.45, 7) is 6.49. The first-order valence-electron chi connectivity index (χ1n) is 8.63. The minimum absolute atomic E-state index is 0.0455. The fourth-order valence-electron chi connectivity index (χ4n) is 3.11. The van der Waals surface area contributed by atoms with Gasteiger partial charge in [0.25, 0.3) is 0 Å². The molecular formula is C16H30N5O2S2+. The normalized spacial score (nSPS) is 19.4. The number of sulfone groups is 1. The third kappa shape index (κ3) is 5.15. The molecule has 1 aliphatic heterocycles. The van der Waals surface area contributed by atoms with E-state index in [0.29, 0.717) is 13.0 Å². The molecule has 1 fully saturated rings. The number of rotatable bonds is 6. The van der Waals surface area contributed by atoms with Crippen molar-refractivity contribution in [3.05, 3.63) is 17.0 Å². The van der Waals surface area contributed by atoms with Crippen LogP contribution in [0.2, 0.25) is 0 Å². The standard InChI is InChI=1S/C16H29N5O2S2/c1-12-15(10-20(5)16(24)17-7-8-19(3)4)13(2)21(18-12)14-6-9-25(22,23)11-14/h14H,6-11H2,1-5H3,(H,17,24)/p+1/t14-/m0/s1. The lowest BCUT2D eigenvalue weighted by Crippen LogP contribution is -3.06. The van der Waals surface area contributed by atoms with E-state index in [1.54, 1.807) is 0 Å². The molecule has 2 N–H and O–H groups in total. The number of nitrogens with zero attached hydrogens (tertiary/aromatic N) is 3. The van der Waals surface area contributed by atoms with Crippen LogP contribution in [-0.4, -0.2) is 73.9 Å². The van der Waals surface area contributed by atoms with Gasteiger partial charge >= 0.3 is 0 Å². The number of hydrogen-bond donors (Lipinski definition) is 2. The molecule has 2 rings (SSSR count). The molecular weight excluding hydrogens is 358 g/mol. The highest BCUT2D eigenvalue weighted by atomic mass is 32.2. The van der Waals surface area contributed by atoms with Crippen molar-refractivity contribution < 1.29 is 13.3 Å². The summed E-state index contributed by atoms with van der Waals surface area (Å²) in [4.78, 5) is 3.38. The molecule has 1 aliphatic rings. The lowest BCUT2D eigenvalue weighted by molar-refractivity contribution is -0.856. The molecule has 0 aromatic carbocycles. The molecule has 0 aliphatic carbocycles. The zero-order chi connectivity index (χ0) is 18.8. The Morgan fingerprint density at radius 1 is 1.44 bits per heavy atom. The topological polar surface area (TPSA) is 71.7 Å². The largest absolute Gasteiger partial charge is 0.357 e. The molecule has 142 valence electrons. The van der Waals surface area contributed by atoms with Crippen LogP contribution in [0.1, 0.15) is 29.4 Å². The molecule has 1 atom stereocenters. The average molecular weight is 389 g/mol. The van der Waals surface area contributed by atoms with Crippen LogP contribution in [-0.2, 0) is 16.4 Å². The predicted molar refractivity (Wildman–Crippen MR) is 104 cm³/mol. The first-order valence-corrected chi connectivity index (χ1v) is 10.9. The number of aromatic nitrogens is 2. The van der Waals surface area contributed by atoms with Gasteiger partial charge in [-0.2, -0.15) is 5.10 Å². The highest BCUT2D eigenvalue weighted by Crippen LogP contribution is 2.27. The van der Waals surface area contributed by atoms with Crippen LogP contribution in [0.4, 0.5) is 0 Å². The summed E-state index contributed by atoms with van der Waals surface area (Å²) in [6.07, 6.45) is 0.645. The molecule has 25 heavy (non-hydrogen) atoms. The Labute approximate surface area is 156 Å². The van der Waals surface area contributed by atoms with Gasteiger partial charge < -0.3 is 15.1 Å². The van der Waals surface area contributed by atoms with Crippen LogP contribution >= 0.6 is 12.2 Å². The van der Waals surface area contributed by atoms with E-state index in [9.17, 15) is 8.42 Å². The minimum atomic E-state index is -2.92. The highest BCUT2D eigenvalue weighted by Gasteiger charge is 2.31. The van der Waals surface area contributed by atoms with E-state index >= 15 is 0 Å². The summed E-state index contributed by atoms with van der Waals surface area (Å²) in [7, 11) is 3.26. The maximum absolute atomic E-state index is 11.8. The molecule has 0 amide bonds. The summed E-state index contributed by atoms with van der Waals surface area (Å²) >= 11 is 5.46. The van der Waals surface area contributed by atoms with Gasteiger partial charge in [-0.25, -0.2) is 8.42 Å². The van der Waals surface area contributed by atoms with Gasteiger partial charge in [0.15, 0.2) is 14.9 Å². The smallest absolute Gasteiger partial charge is 0.169 e. The quantitative estimate of drug-likeness (QED) is 0.629. The lowest BCUT2D eigenvalue weighted by atomic mass is 10.2. The molecule has 0 radical (unpaired) electrons. The van der Waals surface area contributed by atoms with Gasteiger partial charge in [-0.15, -0.1) is 0 Å². The second-order valence-corrected chi connectivity index (χ2v) is 9.81. The number of thiocarbonyl (C=S) groups is 1. The zero-order valence-corrected chi connectivity index (χ0v) is 17.4. The van der Waals surface area contributed by atoms with Gasteiger partial charge in [0, 0.05) is 24.8 Å². The third-order valence-corrected chi connectivity index (χ3v) is 6.88. The van der Waals surface area contributed by atoms with Crippen LogP contribution < -0.4 is 10.2 Å². The Kier molecular flexibility index (Phi) is 6.45. The Morgan fingerprint density at radius 2 is 2.12 bits per heavy atom. The Hall–Kier alpha value is -1.19. The predicted octanol–water partition coefficient (Wildman–Crippen LogP) is -0.690. The maximum atomic E-state index is 11.8. The zero-order valence-electron chi connectivity index (χ0n) is 15.8. The SMILES string of the molecule is Cc1nn([C@H]2CCS(=O)(=O)C2)c(C)c1CN(C)C(=S)NCC[NH+](C)C. The summed E-state index contributed by atoms with van der Waals surface area (Å²) in [5.74, 6) is 0.449. The van der Waals surface area contributed by atoms with Crippen LogP contribution in [0.25, 0.3) is 0 Å². The van der Waals surface area contributed by atoms with Gasteiger partial charge in [-0.3, -0.25) is 4.68 Å². The van der Waals surface area contributed by atoms with Crippen molar-refractivity contribution in [2.75, 3.05) is 45.7 Å². The number of quaternary nitrogens is 1. The summed E-state index contributed by atoms with van der Waals surface area (Å²) < 4.78 is 25.4. The summed E-state index contributed by atoms with van der Waals surface area (Å²) in [5, 5.41) is 8.61. The van der Waals surface area contributed by atoms with Crippen molar-refractivity contribution in [1.82, 2.24) is 20.0 Å². The van der Waals surface area contributed by atoms with E-state index in [0.717, 1.165) is 35.2 Å². The van der Waals surface area contributed by atoms with E-state index in [1.807, 2.05) is 30.5 Å². The molecule has 9 heteroatoms. The van der Waals surface area contributed by atoms with Crippen LogP contribution in [0.15, 0.2) is 0 Å². The highest BCUT2D eigenvalue weighted by molar-refractivity contribution is 7.91. The van der Waals surface area contributed by atoms with Crippen molar-refractivity contribution >= 4 is 27.2 Å². The molecule has 0 bridgehead atoms. The van der Waals surface area contributed by atoms with Crippen molar-refractivity contribution in [3.63, 3.8) is 0 Å². The Balaban J connectivity index is 2.04. The molecule has 0 saturated carbocycles. The van der Waals surface area contributed by atoms with Crippen molar-refractivity contribution in [2.24, 2.45) is 0 Å². The van der Waals surface area contributed by atoms with Gasteiger partial charge in [-0.05, 0) is 32.5 Å². The van der Waals surface area contributed by atoms with Crippen molar-refractivity contribution in [3.8, 4) is 0 Å². The molecule has 0 spiro atoms. The van der Waals surface area contributed by atoms with Crippen LogP contribution in [0.5, 0.6) is 0 Å². The molecule has 1 aromatic rings. The van der Waals surface area contributed by atoms with E-state index in [1.165, 1.54) is 4.90 Å². The van der Waals surface area contributed by atoms with Gasteiger partial charge in [0.2, 0.25) is 0 Å². The average Bonchev–Trinajstić information content (AvgIpc) is 3.00. The third-order valence-electron chi connectivity index (χ3n) is 4.67. The Morgan fingerprint density at radius 3 is 2.68 bits per heavy atom. The van der Waals surface area contributed by atoms with Gasteiger partial charge in [0.05, 0.1) is 50.4 Å². The molecule has 1 aromatic heterocycles. The second-order valence-electron chi connectivity index (χ2n) is 7.20. The minimum Gasteiger partial charge on any atom is -0.357 e. The maximum Gasteiger partial charge on any atom is 0.169 e. The van der Waals surface area contributed by atoms with Crippen molar-refractivity contribution in [2.45, 2.75) is 32.9 Å². The summed E-state index contributed by atoms with van der Waals surface area (Å²) in [6, 6.07) is -0.0455. The van der Waals surface area contributed by atoms with E-state index in [2.05, 4.69) is 24.5 Å². The fourth-order valence-corrected chi connectivity index (χ4v) is 4.97. The van der Waals surface area contributed by atoms with E-state index in [-0.39, 0.29) is 17.5 Å². The lowest BCUT2D eigenvalue weighted by Gasteiger charge is -2.22. The number of hydrogen-bond acceptors (Lipinski definition) is 4. The van der Waals surface area contributed by atoms with Crippen LogP contribution in [0, 0.1) is 13.8 Å². The summed E-state index contributed by atoms with van der Waals surface area (Å²) in [5.41, 5.74) is 3.09. The molecule has 1 saturated heterocycles. The first-order chi connectivity index (χ1) is 11.6.